The lowest BCUT2D eigenvalue weighted by molar-refractivity contribution is -0.123. The van der Waals surface area contributed by atoms with Gasteiger partial charge in [-0.15, -0.1) is 0 Å². The molecule has 0 radical (unpaired) electrons. The van der Waals surface area contributed by atoms with Crippen molar-refractivity contribution < 1.29 is 19.1 Å². The van der Waals surface area contributed by atoms with Gasteiger partial charge in [-0.25, -0.2) is 10.9 Å². The van der Waals surface area contributed by atoms with Gasteiger partial charge in [0.2, 0.25) is 0 Å². The van der Waals surface area contributed by atoms with Crippen LogP contribution in [0.5, 0.6) is 11.5 Å². The summed E-state index contributed by atoms with van der Waals surface area (Å²) in [5.74, 6) is 0.548. The number of rotatable bonds is 10. The van der Waals surface area contributed by atoms with Crippen molar-refractivity contribution >= 4 is 45.8 Å². The van der Waals surface area contributed by atoms with Crippen LogP contribution in [0.15, 0.2) is 119 Å². The molecule has 0 saturated heterocycles. The zero-order valence-corrected chi connectivity index (χ0v) is 21.5. The minimum Gasteiger partial charge on any atom is -0.483 e. The smallest absolute Gasteiger partial charge is 0.277 e. The maximum absolute atomic E-state index is 12.1. The van der Waals surface area contributed by atoms with Gasteiger partial charge in [-0.1, -0.05) is 97.1 Å². The molecule has 0 aromatic heterocycles. The number of carbonyl (C=O) groups excluding carboxylic acids is 2. The van der Waals surface area contributed by atoms with Crippen molar-refractivity contribution in [2.75, 3.05) is 13.2 Å². The molecular weight excluding hydrogens is 504 g/mol. The monoisotopic (exact) mass is 530 g/mol. The minimum absolute atomic E-state index is 0.153. The molecule has 0 unspecified atom stereocenters. The van der Waals surface area contributed by atoms with Crippen molar-refractivity contribution in [3.05, 3.63) is 120 Å². The van der Waals surface area contributed by atoms with E-state index in [1.54, 1.807) is 0 Å². The fourth-order valence-corrected chi connectivity index (χ4v) is 4.02. The summed E-state index contributed by atoms with van der Waals surface area (Å²) in [7, 11) is 0. The predicted molar refractivity (Wildman–Crippen MR) is 157 cm³/mol. The van der Waals surface area contributed by atoms with Crippen LogP contribution in [0.2, 0.25) is 0 Å². The van der Waals surface area contributed by atoms with E-state index >= 15 is 0 Å². The van der Waals surface area contributed by atoms with Crippen molar-refractivity contribution in [1.82, 2.24) is 10.9 Å². The number of hydrogen-bond donors (Lipinski definition) is 2. The van der Waals surface area contributed by atoms with Crippen LogP contribution in [0, 0.1) is 0 Å². The Labute approximate surface area is 230 Å². The number of amides is 2. The Balaban J connectivity index is 1.05. The van der Waals surface area contributed by atoms with Gasteiger partial charge in [0.15, 0.2) is 13.2 Å². The molecule has 198 valence electrons. The number of fused-ring (bicyclic) bond motifs is 2. The highest BCUT2D eigenvalue weighted by molar-refractivity contribution is 5.90. The molecule has 0 fully saturated rings. The van der Waals surface area contributed by atoms with Gasteiger partial charge in [0.05, 0.1) is 12.4 Å². The van der Waals surface area contributed by atoms with E-state index in [0.29, 0.717) is 11.5 Å². The van der Waals surface area contributed by atoms with Gasteiger partial charge in [-0.2, -0.15) is 10.2 Å². The quantitative estimate of drug-likeness (QED) is 0.195. The molecule has 0 bridgehead atoms. The number of hydrazone groups is 2. The van der Waals surface area contributed by atoms with Crippen LogP contribution < -0.4 is 20.3 Å². The maximum Gasteiger partial charge on any atom is 0.277 e. The third-order valence-corrected chi connectivity index (χ3v) is 5.96. The van der Waals surface area contributed by atoms with Crippen LogP contribution >= 0.6 is 0 Å². The highest BCUT2D eigenvalue weighted by atomic mass is 16.5. The van der Waals surface area contributed by atoms with Gasteiger partial charge in [0.25, 0.3) is 11.8 Å². The summed E-state index contributed by atoms with van der Waals surface area (Å²) in [6.45, 7) is -0.307. The van der Waals surface area contributed by atoms with Gasteiger partial charge in [-0.05, 0) is 34.0 Å². The molecule has 40 heavy (non-hydrogen) atoms. The van der Waals surface area contributed by atoms with Gasteiger partial charge in [-0.3, -0.25) is 9.59 Å². The lowest BCUT2D eigenvalue weighted by Gasteiger charge is -2.08. The van der Waals surface area contributed by atoms with Crippen LogP contribution in [0.4, 0.5) is 0 Å². The number of nitrogens with zero attached hydrogens (tertiary/aromatic N) is 2. The van der Waals surface area contributed by atoms with Gasteiger partial charge in [0.1, 0.15) is 11.5 Å². The zero-order valence-electron chi connectivity index (χ0n) is 21.5. The normalized spacial score (nSPS) is 11.2. The van der Waals surface area contributed by atoms with E-state index in [9.17, 15) is 9.59 Å². The van der Waals surface area contributed by atoms with Crippen LogP contribution in [0.1, 0.15) is 11.1 Å². The van der Waals surface area contributed by atoms with Crippen LogP contribution in [-0.2, 0) is 9.59 Å². The third kappa shape index (κ3) is 6.87. The second-order valence-corrected chi connectivity index (χ2v) is 8.78. The molecule has 8 heteroatoms. The van der Waals surface area contributed by atoms with E-state index in [1.807, 2.05) is 109 Å². The van der Waals surface area contributed by atoms with Gasteiger partial charge >= 0.3 is 0 Å². The fourth-order valence-electron chi connectivity index (χ4n) is 4.02. The molecule has 0 aliphatic carbocycles. The Morgan fingerprint density at radius 2 is 0.950 bits per heavy atom. The summed E-state index contributed by atoms with van der Waals surface area (Å²) in [5, 5.41) is 11.9. The molecule has 0 atom stereocenters. The molecule has 0 spiro atoms. The second-order valence-electron chi connectivity index (χ2n) is 8.78. The molecule has 8 nitrogen and oxygen atoms in total. The predicted octanol–water partition coefficient (Wildman–Crippen LogP) is 5.05. The minimum atomic E-state index is -0.367. The Morgan fingerprint density at radius 1 is 0.550 bits per heavy atom. The molecule has 2 N–H and O–H groups in total. The Kier molecular flexibility index (Phi) is 8.38. The van der Waals surface area contributed by atoms with E-state index in [4.69, 9.17) is 9.47 Å². The number of carbonyl (C=O) groups is 2. The Hall–Kier alpha value is -5.50. The molecule has 5 aromatic rings. The SMILES string of the molecule is O=C(COc1cccc2ccccc12)NN=Cc1ccc(C=NNC(=O)COc2cccc3ccccc23)cc1. The molecular formula is C32H26N4O4. The Morgan fingerprint density at radius 3 is 1.40 bits per heavy atom. The van der Waals surface area contributed by atoms with Crippen molar-refractivity contribution in [3.63, 3.8) is 0 Å². The van der Waals surface area contributed by atoms with Crippen molar-refractivity contribution in [2.24, 2.45) is 10.2 Å². The third-order valence-electron chi connectivity index (χ3n) is 5.96. The maximum atomic E-state index is 12.1. The number of hydrogen-bond acceptors (Lipinski definition) is 6. The van der Waals surface area contributed by atoms with E-state index in [2.05, 4.69) is 21.1 Å². The molecule has 0 aliphatic rings. The summed E-state index contributed by atoms with van der Waals surface area (Å²) in [6, 6.07) is 34.3. The summed E-state index contributed by atoms with van der Waals surface area (Å²) in [4.78, 5) is 24.3. The summed E-state index contributed by atoms with van der Waals surface area (Å²) in [5.41, 5.74) is 6.48. The lowest BCUT2D eigenvalue weighted by atomic mass is 10.1. The largest absolute Gasteiger partial charge is 0.483 e. The first-order valence-corrected chi connectivity index (χ1v) is 12.6. The molecule has 2 amide bonds. The molecule has 0 aliphatic heterocycles. The van der Waals surface area contributed by atoms with E-state index in [1.165, 1.54) is 12.4 Å². The van der Waals surface area contributed by atoms with E-state index in [-0.39, 0.29) is 25.0 Å². The second kappa shape index (κ2) is 12.8. The molecule has 5 rings (SSSR count). The first-order chi connectivity index (χ1) is 19.7. The molecule has 5 aromatic carbocycles. The number of ether oxygens (including phenoxy) is 2. The Bertz CT molecular complexity index is 1560. The topological polar surface area (TPSA) is 101 Å². The van der Waals surface area contributed by atoms with Gasteiger partial charge < -0.3 is 9.47 Å². The van der Waals surface area contributed by atoms with Gasteiger partial charge in [0, 0.05) is 10.8 Å². The first kappa shape index (κ1) is 26.1. The number of benzene rings is 5. The zero-order chi connectivity index (χ0) is 27.6. The van der Waals surface area contributed by atoms with Crippen molar-refractivity contribution in [2.45, 2.75) is 0 Å². The van der Waals surface area contributed by atoms with Crippen LogP contribution in [0.25, 0.3) is 21.5 Å². The number of nitrogens with one attached hydrogen (secondary N) is 2. The average molecular weight is 531 g/mol. The standard InChI is InChI=1S/C32H26N4O4/c37-31(21-39-29-13-5-9-25-7-1-3-11-27(25)29)35-33-19-23-15-17-24(18-16-23)20-34-36-32(38)22-40-30-14-6-10-26-8-2-4-12-28(26)30/h1-20H,21-22H2,(H,35,37)(H,36,38). The molecule has 0 heterocycles. The van der Waals surface area contributed by atoms with Crippen LogP contribution in [0.3, 0.4) is 0 Å². The fraction of sp³-hybridized carbons (Fsp3) is 0.0625. The average Bonchev–Trinajstić information content (AvgIpc) is 2.99. The molecule has 0 saturated carbocycles. The van der Waals surface area contributed by atoms with E-state index in [0.717, 1.165) is 32.7 Å². The van der Waals surface area contributed by atoms with Crippen molar-refractivity contribution in [1.29, 1.82) is 0 Å². The summed E-state index contributed by atoms with van der Waals surface area (Å²) in [6.07, 6.45) is 3.06. The van der Waals surface area contributed by atoms with Crippen LogP contribution in [-0.4, -0.2) is 37.5 Å². The highest BCUT2D eigenvalue weighted by Crippen LogP contribution is 2.26. The highest BCUT2D eigenvalue weighted by Gasteiger charge is 2.06. The summed E-state index contributed by atoms with van der Waals surface area (Å²) < 4.78 is 11.3. The first-order valence-electron chi connectivity index (χ1n) is 12.6. The lowest BCUT2D eigenvalue weighted by Crippen LogP contribution is -2.24. The van der Waals surface area contributed by atoms with E-state index < -0.39 is 0 Å². The van der Waals surface area contributed by atoms with Crippen molar-refractivity contribution in [3.8, 4) is 11.5 Å². The summed E-state index contributed by atoms with van der Waals surface area (Å²) >= 11 is 0.